The van der Waals surface area contributed by atoms with E-state index in [4.69, 9.17) is 4.74 Å². The first-order valence-electron chi connectivity index (χ1n) is 9.36. The molecule has 2 unspecified atom stereocenters. The van der Waals surface area contributed by atoms with E-state index in [-0.39, 0.29) is 31.5 Å². The van der Waals surface area contributed by atoms with Crippen LogP contribution in [0.3, 0.4) is 0 Å². The first kappa shape index (κ1) is 23.7. The molecule has 0 saturated heterocycles. The van der Waals surface area contributed by atoms with Gasteiger partial charge < -0.3 is 19.9 Å². The van der Waals surface area contributed by atoms with Crippen molar-refractivity contribution in [2.24, 2.45) is 23.7 Å². The Balaban J connectivity index is 4.24. The van der Waals surface area contributed by atoms with Crippen molar-refractivity contribution >= 4 is 12.1 Å². The lowest BCUT2D eigenvalue weighted by atomic mass is 9.87. The smallest absolute Gasteiger partial charge is 0.407 e. The zero-order valence-corrected chi connectivity index (χ0v) is 16.5. The zero-order chi connectivity index (χ0) is 19.2. The Morgan fingerprint density at radius 1 is 1.00 bits per heavy atom. The van der Waals surface area contributed by atoms with Crippen molar-refractivity contribution in [3.8, 4) is 0 Å². The predicted molar refractivity (Wildman–Crippen MR) is 98.2 cm³/mol. The van der Waals surface area contributed by atoms with Crippen LogP contribution in [0.15, 0.2) is 0 Å². The fourth-order valence-corrected chi connectivity index (χ4v) is 2.97. The van der Waals surface area contributed by atoms with E-state index >= 15 is 0 Å². The van der Waals surface area contributed by atoms with Crippen LogP contribution in [-0.4, -0.2) is 44.0 Å². The molecule has 0 spiro atoms. The maximum absolute atomic E-state index is 11.7. The first-order chi connectivity index (χ1) is 11.8. The van der Waals surface area contributed by atoms with Crippen LogP contribution in [0.4, 0.5) is 4.79 Å². The third kappa shape index (κ3) is 13.6. The number of carbonyl (C=O) groups excluding carboxylic acids is 2. The maximum Gasteiger partial charge on any atom is 0.407 e. The number of carbonyl (C=O) groups is 2. The van der Waals surface area contributed by atoms with Gasteiger partial charge in [0.2, 0.25) is 0 Å². The van der Waals surface area contributed by atoms with Gasteiger partial charge in [0.1, 0.15) is 0 Å². The lowest BCUT2D eigenvalue weighted by Crippen LogP contribution is -2.29. The molecule has 0 heterocycles. The summed E-state index contributed by atoms with van der Waals surface area (Å²) in [6.45, 7) is 9.42. The van der Waals surface area contributed by atoms with Crippen molar-refractivity contribution in [1.29, 1.82) is 0 Å². The summed E-state index contributed by atoms with van der Waals surface area (Å²) < 4.78 is 9.82. The molecule has 25 heavy (non-hydrogen) atoms. The number of amides is 1. The predicted octanol–water partition coefficient (Wildman–Crippen LogP) is 3.37. The average molecular weight is 360 g/mol. The van der Waals surface area contributed by atoms with Gasteiger partial charge in [0.05, 0.1) is 20.1 Å². The highest BCUT2D eigenvalue weighted by Crippen LogP contribution is 2.23. The minimum absolute atomic E-state index is 0.133. The molecule has 0 aromatic rings. The van der Waals surface area contributed by atoms with E-state index in [0.717, 1.165) is 25.7 Å². The van der Waals surface area contributed by atoms with Gasteiger partial charge in [-0.25, -0.2) is 4.79 Å². The van der Waals surface area contributed by atoms with Gasteiger partial charge in [-0.1, -0.05) is 27.7 Å². The second kappa shape index (κ2) is 13.9. The molecular formula is C19H37NO5. The number of rotatable bonds is 13. The van der Waals surface area contributed by atoms with Gasteiger partial charge >= 0.3 is 12.1 Å². The molecule has 6 nitrogen and oxygen atoms in total. The number of hydrogen-bond acceptors (Lipinski definition) is 5. The summed E-state index contributed by atoms with van der Waals surface area (Å²) in [5.41, 5.74) is 0. The monoisotopic (exact) mass is 359 g/mol. The molecule has 2 N–H and O–H groups in total. The molecule has 1 amide bonds. The van der Waals surface area contributed by atoms with E-state index in [1.54, 1.807) is 0 Å². The van der Waals surface area contributed by atoms with Crippen LogP contribution in [0.2, 0.25) is 0 Å². The maximum atomic E-state index is 11.7. The largest absolute Gasteiger partial charge is 0.469 e. The number of methoxy groups -OCH3 is 1. The number of aliphatic hydroxyl groups is 1. The molecule has 0 aliphatic heterocycles. The summed E-state index contributed by atoms with van der Waals surface area (Å²) in [4.78, 5) is 22.7. The summed E-state index contributed by atoms with van der Waals surface area (Å²) in [5.74, 6) is 1.32. The highest BCUT2D eigenvalue weighted by molar-refractivity contribution is 5.71. The Labute approximate surface area is 152 Å². The fourth-order valence-electron chi connectivity index (χ4n) is 2.97. The Kier molecular flexibility index (Phi) is 13.2. The molecule has 2 atom stereocenters. The Morgan fingerprint density at radius 3 is 2.08 bits per heavy atom. The molecule has 0 fully saturated rings. The molecule has 0 rings (SSSR count). The molecule has 0 saturated carbocycles. The van der Waals surface area contributed by atoms with Crippen LogP contribution in [0, 0.1) is 23.7 Å². The molecule has 0 radical (unpaired) electrons. The number of ether oxygens (including phenoxy) is 2. The minimum Gasteiger partial charge on any atom is -0.469 e. The standard InChI is InChI=1S/C19H37NO5/c1-14(2)10-16(12-21)6-7-17(11-15(3)4)13-25-19(23)20-9-8-18(22)24-5/h14-17,21H,6-13H2,1-5H3,(H,20,23). The Morgan fingerprint density at radius 2 is 1.56 bits per heavy atom. The van der Waals surface area contributed by atoms with Gasteiger partial charge in [0.25, 0.3) is 0 Å². The van der Waals surface area contributed by atoms with E-state index in [0.29, 0.717) is 24.4 Å². The third-order valence-electron chi connectivity index (χ3n) is 4.13. The van der Waals surface area contributed by atoms with Gasteiger partial charge in [0.15, 0.2) is 0 Å². The molecule has 0 aromatic carbocycles. The van der Waals surface area contributed by atoms with Crippen LogP contribution in [0.25, 0.3) is 0 Å². The zero-order valence-electron chi connectivity index (χ0n) is 16.5. The molecule has 0 aliphatic rings. The fraction of sp³-hybridized carbons (Fsp3) is 0.895. The number of aliphatic hydroxyl groups excluding tert-OH is 1. The van der Waals surface area contributed by atoms with Gasteiger partial charge in [-0.3, -0.25) is 4.79 Å². The normalized spacial score (nSPS) is 13.6. The Bertz CT molecular complexity index is 371. The number of nitrogens with one attached hydrogen (secondary N) is 1. The quantitative estimate of drug-likeness (QED) is 0.493. The highest BCUT2D eigenvalue weighted by atomic mass is 16.5. The van der Waals surface area contributed by atoms with Gasteiger partial charge in [-0.2, -0.15) is 0 Å². The SMILES string of the molecule is COC(=O)CCNC(=O)OCC(CCC(CO)CC(C)C)CC(C)C. The van der Waals surface area contributed by atoms with Gasteiger partial charge in [-0.15, -0.1) is 0 Å². The topological polar surface area (TPSA) is 84.9 Å². The average Bonchev–Trinajstić information content (AvgIpc) is 2.54. The first-order valence-corrected chi connectivity index (χ1v) is 9.36. The lowest BCUT2D eigenvalue weighted by Gasteiger charge is -2.22. The van der Waals surface area contributed by atoms with Gasteiger partial charge in [-0.05, 0) is 49.4 Å². The van der Waals surface area contributed by atoms with Crippen LogP contribution < -0.4 is 5.32 Å². The van der Waals surface area contributed by atoms with Crippen LogP contribution in [0.5, 0.6) is 0 Å². The van der Waals surface area contributed by atoms with Crippen LogP contribution in [0.1, 0.15) is 59.8 Å². The molecule has 0 aromatic heterocycles. The number of hydrogen-bond donors (Lipinski definition) is 2. The lowest BCUT2D eigenvalue weighted by molar-refractivity contribution is -0.140. The van der Waals surface area contributed by atoms with Crippen molar-refractivity contribution in [2.45, 2.75) is 59.8 Å². The van der Waals surface area contributed by atoms with Crippen molar-refractivity contribution in [3.63, 3.8) is 0 Å². The summed E-state index contributed by atoms with van der Waals surface area (Å²) >= 11 is 0. The van der Waals surface area contributed by atoms with Crippen molar-refractivity contribution < 1.29 is 24.2 Å². The second-order valence-electron chi connectivity index (χ2n) is 7.60. The summed E-state index contributed by atoms with van der Waals surface area (Å²) in [6, 6.07) is 0. The van der Waals surface area contributed by atoms with Crippen molar-refractivity contribution in [3.05, 3.63) is 0 Å². The van der Waals surface area contributed by atoms with E-state index in [9.17, 15) is 14.7 Å². The Hall–Kier alpha value is -1.30. The van der Waals surface area contributed by atoms with Crippen molar-refractivity contribution in [2.75, 3.05) is 26.9 Å². The molecular weight excluding hydrogens is 322 g/mol. The van der Waals surface area contributed by atoms with Crippen LogP contribution >= 0.6 is 0 Å². The van der Waals surface area contributed by atoms with Gasteiger partial charge in [0, 0.05) is 13.2 Å². The second-order valence-corrected chi connectivity index (χ2v) is 7.60. The number of esters is 1. The summed E-state index contributed by atoms with van der Waals surface area (Å²) in [7, 11) is 1.32. The van der Waals surface area contributed by atoms with E-state index in [2.05, 4.69) is 37.7 Å². The van der Waals surface area contributed by atoms with Crippen molar-refractivity contribution in [1.82, 2.24) is 5.32 Å². The molecule has 0 bridgehead atoms. The number of alkyl carbamates (subject to hydrolysis) is 1. The molecule has 6 heteroatoms. The minimum atomic E-state index is -0.501. The highest BCUT2D eigenvalue weighted by Gasteiger charge is 2.17. The summed E-state index contributed by atoms with van der Waals surface area (Å²) in [5, 5.41) is 12.1. The van der Waals surface area contributed by atoms with E-state index < -0.39 is 6.09 Å². The van der Waals surface area contributed by atoms with E-state index in [1.807, 2.05) is 0 Å². The van der Waals surface area contributed by atoms with Crippen LogP contribution in [-0.2, 0) is 14.3 Å². The van der Waals surface area contributed by atoms with E-state index in [1.165, 1.54) is 7.11 Å². The molecule has 0 aliphatic carbocycles. The molecule has 148 valence electrons. The summed E-state index contributed by atoms with van der Waals surface area (Å²) in [6.07, 6.45) is 3.51. The third-order valence-corrected chi connectivity index (χ3v) is 4.13.